The molecule has 117 valence electrons. The topological polar surface area (TPSA) is 38.3 Å². The van der Waals surface area contributed by atoms with Crippen LogP contribution in [0, 0.1) is 6.92 Å². The van der Waals surface area contributed by atoms with Gasteiger partial charge in [0.15, 0.2) is 0 Å². The molecule has 0 spiro atoms. The Labute approximate surface area is 143 Å². The van der Waals surface area contributed by atoms with Crippen LogP contribution in [0.1, 0.15) is 25.8 Å². The van der Waals surface area contributed by atoms with E-state index in [4.69, 9.17) is 4.74 Å². The third-order valence-corrected chi connectivity index (χ3v) is 4.16. The van der Waals surface area contributed by atoms with Gasteiger partial charge < -0.3 is 17.0 Å². The Morgan fingerprint density at radius 1 is 1.57 bits per heavy atom. The first-order valence-corrected chi connectivity index (χ1v) is 7.27. The summed E-state index contributed by atoms with van der Waals surface area (Å²) in [4.78, 5) is 11.6. The van der Waals surface area contributed by atoms with Gasteiger partial charge in [0.25, 0.3) is 0 Å². The van der Waals surface area contributed by atoms with Gasteiger partial charge in [0.1, 0.15) is 0 Å². The zero-order valence-electron chi connectivity index (χ0n) is 12.0. The first-order valence-electron chi connectivity index (χ1n) is 6.47. The second-order valence-corrected chi connectivity index (χ2v) is 6.30. The average molecular weight is 398 g/mol. The number of benzene rings is 1. The van der Waals surface area contributed by atoms with E-state index in [9.17, 15) is 4.79 Å². The Balaban J connectivity index is 0.00000220. The van der Waals surface area contributed by atoms with Gasteiger partial charge in [0.2, 0.25) is 5.91 Å². The third-order valence-electron chi connectivity index (χ3n) is 3.67. The number of halogens is 2. The molecule has 1 N–H and O–H groups in total. The molecular formula is C15H18BrFMnNO2-. The van der Waals surface area contributed by atoms with E-state index in [1.807, 2.05) is 6.07 Å². The fourth-order valence-electron chi connectivity index (χ4n) is 2.70. The fourth-order valence-corrected chi connectivity index (χ4v) is 3.10. The van der Waals surface area contributed by atoms with Crippen LogP contribution < -0.4 is 5.32 Å². The molecule has 3 nitrogen and oxygen atoms in total. The van der Waals surface area contributed by atoms with Crippen LogP contribution in [0.2, 0.25) is 0 Å². The molecular weight excluding hydrogens is 380 g/mol. The number of carbonyl (C=O) groups excluding carboxylic acids is 1. The van der Waals surface area contributed by atoms with Crippen LogP contribution in [0.25, 0.3) is 0 Å². The number of hydrogen-bond donors (Lipinski definition) is 1. The van der Waals surface area contributed by atoms with Gasteiger partial charge in [-0.2, -0.15) is 0 Å². The van der Waals surface area contributed by atoms with Crippen molar-refractivity contribution in [2.45, 2.75) is 37.6 Å². The average Bonchev–Trinajstić information content (AvgIpc) is 2.32. The molecule has 1 radical (unpaired) electrons. The van der Waals surface area contributed by atoms with Crippen LogP contribution in [0.5, 0.6) is 0 Å². The monoisotopic (exact) mass is 397 g/mol. The standard InChI is InChI=1S/C15H18BrFNO2.Mn/c1-10-8-14(3,17)15(9-20-10,18-11(2)19)12-5-4-6-13(16)7-12;/h4-7,10H,3,8-9H2,1-2H3,(H,18,19);/q-1;/t10-,14?,15?;/m0./s1. The molecule has 2 unspecified atom stereocenters. The van der Waals surface area contributed by atoms with Gasteiger partial charge in [-0.3, -0.25) is 9.18 Å². The summed E-state index contributed by atoms with van der Waals surface area (Å²) < 4.78 is 21.6. The van der Waals surface area contributed by atoms with Crippen molar-refractivity contribution in [3.05, 3.63) is 41.2 Å². The van der Waals surface area contributed by atoms with Gasteiger partial charge in [-0.05, 0) is 31.0 Å². The quantitative estimate of drug-likeness (QED) is 0.614. The molecule has 0 saturated carbocycles. The van der Waals surface area contributed by atoms with Gasteiger partial charge in [-0.25, -0.2) is 0 Å². The van der Waals surface area contributed by atoms with Crippen LogP contribution in [0.3, 0.4) is 0 Å². The SMILES string of the molecule is [CH2-]C1(F)C[C@H](C)OCC1(NC(C)=O)c1cccc(Br)c1.[Mn]. The van der Waals surface area contributed by atoms with Crippen molar-refractivity contribution >= 4 is 21.8 Å². The van der Waals surface area contributed by atoms with E-state index in [2.05, 4.69) is 28.2 Å². The smallest absolute Gasteiger partial charge is 0.217 e. The summed E-state index contributed by atoms with van der Waals surface area (Å²) in [6, 6.07) is 7.21. The van der Waals surface area contributed by atoms with E-state index in [0.29, 0.717) is 5.56 Å². The maximum absolute atomic E-state index is 15.2. The van der Waals surface area contributed by atoms with E-state index in [0.717, 1.165) is 4.47 Å². The van der Waals surface area contributed by atoms with Crippen molar-refractivity contribution in [3.63, 3.8) is 0 Å². The first kappa shape index (κ1) is 18.6. The molecule has 3 atom stereocenters. The van der Waals surface area contributed by atoms with Gasteiger partial charge in [-0.15, -0.1) is 0 Å². The fraction of sp³-hybridized carbons (Fsp3) is 0.467. The van der Waals surface area contributed by atoms with E-state index in [-0.39, 0.29) is 42.1 Å². The second kappa shape index (κ2) is 6.78. The molecule has 1 aliphatic heterocycles. The number of hydrogen-bond acceptors (Lipinski definition) is 2. The zero-order chi connectivity index (χ0) is 15.0. The van der Waals surface area contributed by atoms with Crippen molar-refractivity contribution < 1.29 is 31.0 Å². The summed E-state index contributed by atoms with van der Waals surface area (Å²) in [6.07, 6.45) is -0.105. The molecule has 1 amide bonds. The molecule has 1 aliphatic rings. The molecule has 0 bridgehead atoms. The number of ether oxygens (including phenoxy) is 1. The molecule has 0 aliphatic carbocycles. The van der Waals surface area contributed by atoms with Crippen LogP contribution in [-0.2, 0) is 32.1 Å². The minimum absolute atomic E-state index is 0. The third kappa shape index (κ3) is 3.67. The maximum atomic E-state index is 15.2. The van der Waals surface area contributed by atoms with Gasteiger partial charge >= 0.3 is 0 Å². The summed E-state index contributed by atoms with van der Waals surface area (Å²) in [5, 5.41) is 2.73. The summed E-state index contributed by atoms with van der Waals surface area (Å²) >= 11 is 3.37. The van der Waals surface area contributed by atoms with E-state index >= 15 is 4.39 Å². The number of rotatable bonds is 2. The molecule has 1 aromatic carbocycles. The van der Waals surface area contributed by atoms with Crippen LogP contribution >= 0.6 is 15.9 Å². The zero-order valence-corrected chi connectivity index (χ0v) is 14.7. The summed E-state index contributed by atoms with van der Waals surface area (Å²) in [7, 11) is 0. The molecule has 2 rings (SSSR count). The Morgan fingerprint density at radius 2 is 2.24 bits per heavy atom. The van der Waals surface area contributed by atoms with Crippen LogP contribution in [0.15, 0.2) is 28.7 Å². The van der Waals surface area contributed by atoms with E-state index in [1.54, 1.807) is 25.1 Å². The van der Waals surface area contributed by atoms with Crippen molar-refractivity contribution in [1.29, 1.82) is 0 Å². The maximum Gasteiger partial charge on any atom is 0.217 e. The van der Waals surface area contributed by atoms with Gasteiger partial charge in [-0.1, -0.05) is 28.1 Å². The molecule has 1 aromatic rings. The second-order valence-electron chi connectivity index (χ2n) is 5.39. The summed E-state index contributed by atoms with van der Waals surface area (Å²) in [5.74, 6) is -0.311. The normalized spacial score (nSPS) is 32.1. The number of alkyl halides is 1. The Kier molecular flexibility index (Phi) is 6.01. The minimum atomic E-state index is -1.84. The summed E-state index contributed by atoms with van der Waals surface area (Å²) in [6.45, 7) is 6.95. The number of nitrogens with one attached hydrogen (secondary N) is 1. The Bertz CT molecular complexity index is 526. The Morgan fingerprint density at radius 3 is 2.76 bits per heavy atom. The van der Waals surface area contributed by atoms with Crippen LogP contribution in [-0.4, -0.2) is 24.3 Å². The predicted molar refractivity (Wildman–Crippen MR) is 78.9 cm³/mol. The minimum Gasteiger partial charge on any atom is -0.376 e. The first-order chi connectivity index (χ1) is 9.27. The van der Waals surface area contributed by atoms with Crippen molar-refractivity contribution in [2.75, 3.05) is 6.61 Å². The van der Waals surface area contributed by atoms with E-state index in [1.165, 1.54) is 6.92 Å². The summed E-state index contributed by atoms with van der Waals surface area (Å²) in [5.41, 5.74) is -2.46. The predicted octanol–water partition coefficient (Wildman–Crippen LogP) is 3.13. The molecule has 0 aromatic heterocycles. The molecule has 1 heterocycles. The number of carbonyl (C=O) groups is 1. The van der Waals surface area contributed by atoms with Crippen molar-refractivity contribution in [2.24, 2.45) is 0 Å². The van der Waals surface area contributed by atoms with Crippen LogP contribution in [0.4, 0.5) is 4.39 Å². The molecule has 1 fully saturated rings. The van der Waals surface area contributed by atoms with Gasteiger partial charge in [0.05, 0.1) is 18.2 Å². The van der Waals surface area contributed by atoms with Gasteiger partial charge in [0, 0.05) is 34.1 Å². The molecule has 1 saturated heterocycles. The largest absolute Gasteiger partial charge is 0.376 e. The van der Waals surface area contributed by atoms with Crippen molar-refractivity contribution in [1.82, 2.24) is 5.32 Å². The van der Waals surface area contributed by atoms with Crippen molar-refractivity contribution in [3.8, 4) is 0 Å². The van der Waals surface area contributed by atoms with E-state index < -0.39 is 11.2 Å². The molecule has 6 heteroatoms. The molecule has 21 heavy (non-hydrogen) atoms. The Hall–Kier alpha value is -0.421. The number of amides is 1.